The summed E-state index contributed by atoms with van der Waals surface area (Å²) < 4.78 is 2.24. The van der Waals surface area contributed by atoms with Gasteiger partial charge < -0.3 is 14.2 Å². The van der Waals surface area contributed by atoms with Gasteiger partial charge in [-0.25, -0.2) is 9.59 Å². The van der Waals surface area contributed by atoms with Crippen LogP contribution in [0.5, 0.6) is 0 Å². The number of oxime groups is 2. The maximum absolute atomic E-state index is 11.2. The summed E-state index contributed by atoms with van der Waals surface area (Å²) in [5.41, 5.74) is 7.73. The average molecular weight is 453 g/mol. The maximum atomic E-state index is 11.2. The molecule has 170 valence electrons. The summed E-state index contributed by atoms with van der Waals surface area (Å²) in [6.45, 7) is 4.48. The van der Waals surface area contributed by atoms with E-state index in [0.29, 0.717) is 5.71 Å². The van der Waals surface area contributed by atoms with Gasteiger partial charge in [-0.05, 0) is 61.2 Å². The summed E-state index contributed by atoms with van der Waals surface area (Å²) >= 11 is 0. The summed E-state index contributed by atoms with van der Waals surface area (Å²) in [7, 11) is 0. The second-order valence-corrected chi connectivity index (χ2v) is 8.31. The molecule has 7 nitrogen and oxygen atoms in total. The van der Waals surface area contributed by atoms with Gasteiger partial charge >= 0.3 is 11.9 Å². The number of carbonyl (C=O) groups excluding carboxylic acids is 2. The minimum atomic E-state index is -0.449. The van der Waals surface area contributed by atoms with Crippen LogP contribution in [0, 0.1) is 0 Å². The molecule has 5 rings (SSSR count). The lowest BCUT2D eigenvalue weighted by Crippen LogP contribution is -2.01. The number of benzene rings is 3. The van der Waals surface area contributed by atoms with E-state index < -0.39 is 11.9 Å². The number of rotatable bonds is 4. The highest BCUT2D eigenvalue weighted by Gasteiger charge is 2.22. The first kappa shape index (κ1) is 21.6. The monoisotopic (exact) mass is 453 g/mol. The summed E-state index contributed by atoms with van der Waals surface area (Å²) in [5.74, 6) is -0.870. The van der Waals surface area contributed by atoms with Gasteiger partial charge in [0, 0.05) is 35.9 Å². The van der Waals surface area contributed by atoms with Gasteiger partial charge in [-0.3, -0.25) is 0 Å². The third-order valence-corrected chi connectivity index (χ3v) is 5.98. The van der Waals surface area contributed by atoms with Gasteiger partial charge in [-0.15, -0.1) is 0 Å². The Balaban J connectivity index is 1.63. The highest BCUT2D eigenvalue weighted by Crippen LogP contribution is 2.36. The van der Waals surface area contributed by atoms with Crippen molar-refractivity contribution in [1.82, 2.24) is 4.57 Å². The Bertz CT molecular complexity index is 1510. The van der Waals surface area contributed by atoms with Crippen LogP contribution in [0.25, 0.3) is 27.5 Å². The molecular weight excluding hydrogens is 430 g/mol. The lowest BCUT2D eigenvalue weighted by atomic mass is 10.0. The summed E-state index contributed by atoms with van der Waals surface area (Å²) in [5, 5.41) is 10.2. The zero-order chi connectivity index (χ0) is 23.8. The van der Waals surface area contributed by atoms with Crippen molar-refractivity contribution >= 4 is 45.2 Å². The van der Waals surface area contributed by atoms with Crippen LogP contribution >= 0.6 is 0 Å². The fourth-order valence-electron chi connectivity index (χ4n) is 4.45. The first-order valence-corrected chi connectivity index (χ1v) is 11.1. The molecule has 0 spiro atoms. The van der Waals surface area contributed by atoms with E-state index >= 15 is 0 Å². The predicted octanol–water partition coefficient (Wildman–Crippen LogP) is 5.28. The van der Waals surface area contributed by atoms with E-state index in [1.165, 1.54) is 19.4 Å². The van der Waals surface area contributed by atoms with Crippen LogP contribution in [0.15, 0.2) is 71.0 Å². The van der Waals surface area contributed by atoms with Crippen LogP contribution in [0.4, 0.5) is 0 Å². The van der Waals surface area contributed by atoms with E-state index in [-0.39, 0.29) is 0 Å². The number of hydrogen-bond donors (Lipinski definition) is 0. The average Bonchev–Trinajstić information content (AvgIpc) is 3.38. The molecule has 1 heterocycles. The van der Waals surface area contributed by atoms with Crippen LogP contribution in [0.2, 0.25) is 0 Å². The van der Waals surface area contributed by atoms with Crippen LogP contribution < -0.4 is 0 Å². The van der Waals surface area contributed by atoms with Crippen molar-refractivity contribution in [1.29, 1.82) is 0 Å². The molecule has 34 heavy (non-hydrogen) atoms. The van der Waals surface area contributed by atoms with Crippen LogP contribution in [0.3, 0.4) is 0 Å². The number of nitrogens with zero attached hydrogens (tertiary/aromatic N) is 3. The van der Waals surface area contributed by atoms with Gasteiger partial charge in [-0.2, -0.15) is 0 Å². The van der Waals surface area contributed by atoms with E-state index in [0.717, 1.165) is 57.2 Å². The van der Waals surface area contributed by atoms with Gasteiger partial charge in [0.1, 0.15) is 0 Å². The SMILES string of the molecule is CC(=O)ON=C(C)c1ccc(-n2c3ccccc3c3cc4c(cc32)CCC4=NOC(C)=O)cc1. The van der Waals surface area contributed by atoms with Gasteiger partial charge in [0.15, 0.2) is 0 Å². The first-order valence-electron chi connectivity index (χ1n) is 11.1. The molecule has 0 N–H and O–H groups in total. The van der Waals surface area contributed by atoms with Crippen molar-refractivity contribution in [2.24, 2.45) is 10.3 Å². The molecule has 0 aliphatic heterocycles. The van der Waals surface area contributed by atoms with Gasteiger partial charge in [0.25, 0.3) is 0 Å². The standard InChI is InChI=1S/C27H23N3O4/c1-16(28-33-17(2)31)19-8-11-21(12-9-19)30-26-7-5-4-6-22(26)24-15-23-20(14-27(24)30)10-13-25(23)29-34-18(3)32/h4-9,11-12,14-15H,10,13H2,1-3H3. The van der Waals surface area contributed by atoms with E-state index in [4.69, 9.17) is 9.68 Å². The van der Waals surface area contributed by atoms with Crippen molar-refractivity contribution in [3.8, 4) is 5.69 Å². The number of aryl methyl sites for hydroxylation is 1. The Morgan fingerprint density at radius 1 is 0.824 bits per heavy atom. The lowest BCUT2D eigenvalue weighted by molar-refractivity contribution is -0.141. The van der Waals surface area contributed by atoms with E-state index in [9.17, 15) is 9.59 Å². The zero-order valence-corrected chi connectivity index (χ0v) is 19.2. The second-order valence-electron chi connectivity index (χ2n) is 8.31. The van der Waals surface area contributed by atoms with Crippen molar-refractivity contribution in [3.05, 3.63) is 77.4 Å². The summed E-state index contributed by atoms with van der Waals surface area (Å²) in [6.07, 6.45) is 1.58. The number of aromatic nitrogens is 1. The van der Waals surface area contributed by atoms with E-state index in [1.807, 2.05) is 36.4 Å². The van der Waals surface area contributed by atoms with E-state index in [1.54, 1.807) is 6.92 Å². The Kier molecular flexibility index (Phi) is 5.45. The molecule has 0 radical (unpaired) electrons. The predicted molar refractivity (Wildman–Crippen MR) is 131 cm³/mol. The molecule has 0 saturated heterocycles. The van der Waals surface area contributed by atoms with Crippen LogP contribution in [-0.2, 0) is 25.7 Å². The molecule has 0 saturated carbocycles. The van der Waals surface area contributed by atoms with Crippen molar-refractivity contribution in [2.75, 3.05) is 0 Å². The Hall–Kier alpha value is -4.26. The normalized spacial score (nSPS) is 14.6. The Morgan fingerprint density at radius 3 is 2.29 bits per heavy atom. The fourth-order valence-corrected chi connectivity index (χ4v) is 4.45. The highest BCUT2D eigenvalue weighted by molar-refractivity contribution is 6.14. The molecular formula is C27H23N3O4. The smallest absolute Gasteiger partial charge is 0.318 e. The van der Waals surface area contributed by atoms with Crippen LogP contribution in [0.1, 0.15) is 43.9 Å². The van der Waals surface area contributed by atoms with Crippen molar-refractivity contribution in [3.63, 3.8) is 0 Å². The molecule has 1 aromatic heterocycles. The zero-order valence-electron chi connectivity index (χ0n) is 19.2. The minimum absolute atomic E-state index is 0.421. The Morgan fingerprint density at radius 2 is 1.56 bits per heavy atom. The lowest BCUT2D eigenvalue weighted by Gasteiger charge is -2.10. The third-order valence-electron chi connectivity index (χ3n) is 5.98. The highest BCUT2D eigenvalue weighted by atomic mass is 16.7. The van der Waals surface area contributed by atoms with Gasteiger partial charge in [0.2, 0.25) is 0 Å². The van der Waals surface area contributed by atoms with E-state index in [2.05, 4.69) is 39.1 Å². The number of carbonyl (C=O) groups is 2. The Labute approximate surface area is 196 Å². The first-order chi connectivity index (χ1) is 16.4. The minimum Gasteiger partial charge on any atom is -0.318 e. The molecule has 1 aliphatic carbocycles. The molecule has 0 amide bonds. The van der Waals surface area contributed by atoms with Gasteiger partial charge in [-0.1, -0.05) is 40.6 Å². The summed E-state index contributed by atoms with van der Waals surface area (Å²) in [6, 6.07) is 20.7. The van der Waals surface area contributed by atoms with Crippen molar-refractivity contribution in [2.45, 2.75) is 33.6 Å². The molecule has 3 aromatic carbocycles. The quantitative estimate of drug-likeness (QED) is 0.239. The molecule has 0 unspecified atom stereocenters. The molecule has 1 aliphatic rings. The molecule has 0 bridgehead atoms. The molecule has 4 aromatic rings. The number of hydrogen-bond acceptors (Lipinski definition) is 6. The maximum Gasteiger partial charge on any atom is 0.331 e. The number of fused-ring (bicyclic) bond motifs is 4. The number of para-hydroxylation sites is 1. The van der Waals surface area contributed by atoms with Gasteiger partial charge in [0.05, 0.1) is 22.5 Å². The summed E-state index contributed by atoms with van der Waals surface area (Å²) in [4.78, 5) is 32.0. The second kappa shape index (κ2) is 8.59. The molecule has 0 fully saturated rings. The van der Waals surface area contributed by atoms with Crippen molar-refractivity contribution < 1.29 is 19.3 Å². The third kappa shape index (κ3) is 3.85. The topological polar surface area (TPSA) is 82.2 Å². The molecule has 7 heteroatoms. The largest absolute Gasteiger partial charge is 0.331 e. The fraction of sp³-hybridized carbons (Fsp3) is 0.185. The molecule has 0 atom stereocenters. The van der Waals surface area contributed by atoms with Crippen LogP contribution in [-0.4, -0.2) is 27.9 Å².